The fourth-order valence-corrected chi connectivity index (χ4v) is 2.51. The van der Waals surface area contributed by atoms with Crippen LogP contribution in [0.1, 0.15) is 33.0 Å². The van der Waals surface area contributed by atoms with Gasteiger partial charge in [0, 0.05) is 5.56 Å². The van der Waals surface area contributed by atoms with Gasteiger partial charge in [-0.2, -0.15) is 0 Å². The number of hydrogen-bond acceptors (Lipinski definition) is 3. The first-order chi connectivity index (χ1) is 10.1. The van der Waals surface area contributed by atoms with Crippen LogP contribution in [0, 0.1) is 13.8 Å². The molecule has 2 aromatic carbocycles. The highest BCUT2D eigenvalue weighted by molar-refractivity contribution is 6.14. The molecule has 1 atom stereocenters. The highest BCUT2D eigenvalue weighted by atomic mass is 16.5. The van der Waals surface area contributed by atoms with Crippen LogP contribution in [0.5, 0.6) is 0 Å². The van der Waals surface area contributed by atoms with Crippen LogP contribution in [0.4, 0.5) is 0 Å². The summed E-state index contributed by atoms with van der Waals surface area (Å²) in [6.07, 6.45) is 0. The van der Waals surface area contributed by atoms with E-state index in [0.717, 1.165) is 11.1 Å². The Labute approximate surface area is 124 Å². The second-order valence-corrected chi connectivity index (χ2v) is 5.00. The minimum atomic E-state index is -0.920. The van der Waals surface area contributed by atoms with Crippen molar-refractivity contribution in [1.82, 2.24) is 0 Å². The molecule has 0 saturated carbocycles. The molecule has 0 aliphatic carbocycles. The van der Waals surface area contributed by atoms with Gasteiger partial charge in [0.25, 0.3) is 0 Å². The normalized spacial score (nSPS) is 11.8. The summed E-state index contributed by atoms with van der Waals surface area (Å²) in [6.45, 7) is 3.75. The third-order valence-corrected chi connectivity index (χ3v) is 3.56. The van der Waals surface area contributed by atoms with Gasteiger partial charge in [-0.1, -0.05) is 48.5 Å². The van der Waals surface area contributed by atoms with Crippen LogP contribution in [-0.2, 0) is 9.53 Å². The van der Waals surface area contributed by atoms with Crippen molar-refractivity contribution in [3.05, 3.63) is 70.8 Å². The topological polar surface area (TPSA) is 43.4 Å². The maximum Gasteiger partial charge on any atom is 0.321 e. The number of aryl methyl sites for hydroxylation is 2. The monoisotopic (exact) mass is 282 g/mol. The van der Waals surface area contributed by atoms with E-state index in [9.17, 15) is 9.59 Å². The van der Waals surface area contributed by atoms with Gasteiger partial charge in [-0.05, 0) is 30.5 Å². The molecule has 0 aliphatic heterocycles. The Morgan fingerprint density at radius 3 is 2.00 bits per heavy atom. The molecule has 21 heavy (non-hydrogen) atoms. The van der Waals surface area contributed by atoms with Crippen LogP contribution in [0.2, 0.25) is 0 Å². The molecule has 0 aliphatic rings. The molecule has 2 aromatic rings. The molecule has 0 spiro atoms. The molecule has 2 rings (SSSR count). The summed E-state index contributed by atoms with van der Waals surface area (Å²) in [4.78, 5) is 25.0. The Hall–Kier alpha value is -2.42. The summed E-state index contributed by atoms with van der Waals surface area (Å²) < 4.78 is 4.83. The minimum Gasteiger partial charge on any atom is -0.468 e. The van der Waals surface area contributed by atoms with E-state index in [2.05, 4.69) is 0 Å². The molecule has 0 heterocycles. The minimum absolute atomic E-state index is 0.219. The van der Waals surface area contributed by atoms with E-state index < -0.39 is 11.9 Å². The average Bonchev–Trinajstić information content (AvgIpc) is 2.48. The lowest BCUT2D eigenvalue weighted by molar-refractivity contribution is -0.141. The van der Waals surface area contributed by atoms with E-state index in [1.54, 1.807) is 12.1 Å². The lowest BCUT2D eigenvalue weighted by Gasteiger charge is -2.17. The highest BCUT2D eigenvalue weighted by Crippen LogP contribution is 2.26. The van der Waals surface area contributed by atoms with Gasteiger partial charge in [-0.25, -0.2) is 0 Å². The smallest absolute Gasteiger partial charge is 0.321 e. The quantitative estimate of drug-likeness (QED) is 0.490. The second kappa shape index (κ2) is 6.35. The lowest BCUT2D eigenvalue weighted by atomic mass is 9.87. The number of methoxy groups -OCH3 is 1. The molecule has 0 fully saturated rings. The fraction of sp³-hybridized carbons (Fsp3) is 0.222. The van der Waals surface area contributed by atoms with Crippen molar-refractivity contribution in [1.29, 1.82) is 0 Å². The molecule has 0 amide bonds. The van der Waals surface area contributed by atoms with Crippen LogP contribution in [0.3, 0.4) is 0 Å². The number of carbonyl (C=O) groups is 2. The fourth-order valence-electron chi connectivity index (χ4n) is 2.51. The first-order valence-corrected chi connectivity index (χ1v) is 6.79. The Morgan fingerprint density at radius 2 is 1.48 bits per heavy atom. The predicted molar refractivity (Wildman–Crippen MR) is 81.4 cm³/mol. The molecule has 3 nitrogen and oxygen atoms in total. The summed E-state index contributed by atoms with van der Waals surface area (Å²) >= 11 is 0. The van der Waals surface area contributed by atoms with Crippen molar-refractivity contribution in [2.24, 2.45) is 0 Å². The zero-order valence-electron chi connectivity index (χ0n) is 12.4. The van der Waals surface area contributed by atoms with Crippen molar-refractivity contribution < 1.29 is 14.3 Å². The van der Waals surface area contributed by atoms with Crippen molar-refractivity contribution in [3.63, 3.8) is 0 Å². The van der Waals surface area contributed by atoms with Crippen molar-refractivity contribution in [2.75, 3.05) is 7.11 Å². The van der Waals surface area contributed by atoms with E-state index in [4.69, 9.17) is 4.74 Å². The number of Topliss-reactive ketones (excluding diaryl/α,β-unsaturated/α-hetero) is 1. The summed E-state index contributed by atoms with van der Waals surface area (Å²) in [5.41, 5.74) is 2.98. The van der Waals surface area contributed by atoms with E-state index >= 15 is 0 Å². The molecule has 0 saturated heterocycles. The molecule has 3 heteroatoms. The summed E-state index contributed by atoms with van der Waals surface area (Å²) in [5.74, 6) is -1.67. The lowest BCUT2D eigenvalue weighted by Crippen LogP contribution is -2.24. The molecule has 108 valence electrons. The van der Waals surface area contributed by atoms with Crippen LogP contribution in [0.15, 0.2) is 48.5 Å². The van der Waals surface area contributed by atoms with Gasteiger partial charge in [0.15, 0.2) is 5.78 Å². The summed E-state index contributed by atoms with van der Waals surface area (Å²) in [5, 5.41) is 0. The third-order valence-electron chi connectivity index (χ3n) is 3.56. The van der Waals surface area contributed by atoms with Gasteiger partial charge in [0.2, 0.25) is 0 Å². The Morgan fingerprint density at radius 1 is 0.905 bits per heavy atom. The van der Waals surface area contributed by atoms with Gasteiger partial charge >= 0.3 is 5.97 Å². The zero-order valence-corrected chi connectivity index (χ0v) is 12.4. The maximum absolute atomic E-state index is 12.9. The van der Waals surface area contributed by atoms with E-state index in [0.29, 0.717) is 11.1 Å². The standard InChI is InChI=1S/C18H18O3/c1-12-8-7-9-13(2)15(12)17(19)16(18(20)21-3)14-10-5-4-6-11-14/h4-11,16H,1-3H3. The van der Waals surface area contributed by atoms with Gasteiger partial charge in [-0.15, -0.1) is 0 Å². The number of benzene rings is 2. The van der Waals surface area contributed by atoms with Gasteiger partial charge in [0.05, 0.1) is 7.11 Å². The van der Waals surface area contributed by atoms with Gasteiger partial charge in [-0.3, -0.25) is 9.59 Å². The molecular formula is C18H18O3. The van der Waals surface area contributed by atoms with Crippen LogP contribution in [0.25, 0.3) is 0 Å². The molecule has 0 aromatic heterocycles. The van der Waals surface area contributed by atoms with Gasteiger partial charge in [0.1, 0.15) is 5.92 Å². The van der Waals surface area contributed by atoms with Crippen molar-refractivity contribution >= 4 is 11.8 Å². The van der Waals surface area contributed by atoms with E-state index in [1.807, 2.05) is 50.2 Å². The molecule has 0 bridgehead atoms. The van der Waals surface area contributed by atoms with Crippen LogP contribution < -0.4 is 0 Å². The highest BCUT2D eigenvalue weighted by Gasteiger charge is 2.31. The van der Waals surface area contributed by atoms with Crippen LogP contribution >= 0.6 is 0 Å². The van der Waals surface area contributed by atoms with Crippen molar-refractivity contribution in [3.8, 4) is 0 Å². The second-order valence-electron chi connectivity index (χ2n) is 5.00. The average molecular weight is 282 g/mol. The molecular weight excluding hydrogens is 264 g/mol. The number of ketones is 1. The molecule has 0 radical (unpaired) electrons. The number of hydrogen-bond donors (Lipinski definition) is 0. The number of esters is 1. The van der Waals surface area contributed by atoms with E-state index in [1.165, 1.54) is 7.11 Å². The van der Waals surface area contributed by atoms with Crippen molar-refractivity contribution in [2.45, 2.75) is 19.8 Å². The number of carbonyl (C=O) groups excluding carboxylic acids is 2. The Bertz CT molecular complexity index is 639. The summed E-state index contributed by atoms with van der Waals surface area (Å²) in [7, 11) is 1.30. The van der Waals surface area contributed by atoms with Crippen LogP contribution in [-0.4, -0.2) is 18.9 Å². The zero-order chi connectivity index (χ0) is 15.4. The number of ether oxygens (including phenoxy) is 1. The SMILES string of the molecule is COC(=O)C(C(=O)c1c(C)cccc1C)c1ccccc1. The molecule has 1 unspecified atom stereocenters. The number of rotatable bonds is 4. The molecule has 0 N–H and O–H groups in total. The van der Waals surface area contributed by atoms with Gasteiger partial charge < -0.3 is 4.74 Å². The third kappa shape index (κ3) is 3.02. The maximum atomic E-state index is 12.9. The van der Waals surface area contributed by atoms with E-state index in [-0.39, 0.29) is 5.78 Å². The first-order valence-electron chi connectivity index (χ1n) is 6.79. The first kappa shape index (κ1) is 15.0. The predicted octanol–water partition coefficient (Wildman–Crippen LogP) is 3.44. The largest absolute Gasteiger partial charge is 0.468 e. The Balaban J connectivity index is 2.52. The summed E-state index contributed by atoms with van der Waals surface area (Å²) in [6, 6.07) is 14.7. The Kier molecular flexibility index (Phi) is 4.53.